The fourth-order valence-corrected chi connectivity index (χ4v) is 2.50. The van der Waals surface area contributed by atoms with Gasteiger partial charge in [-0.3, -0.25) is 20.2 Å². The average molecular weight is 408 g/mol. The van der Waals surface area contributed by atoms with Crippen molar-refractivity contribution in [2.24, 2.45) is 5.92 Å². The second-order valence-corrected chi connectivity index (χ2v) is 6.85. The molecule has 2 rings (SSSR count). The maximum Gasteiger partial charge on any atom is 0.289 e. The van der Waals surface area contributed by atoms with Crippen LogP contribution in [0, 0.1) is 16.0 Å². The molecule has 2 aromatic carbocycles. The third kappa shape index (κ3) is 5.90. The van der Waals surface area contributed by atoms with Gasteiger partial charge in [0.2, 0.25) is 0 Å². The largest absolute Gasteiger partial charge is 0.492 e. The molecule has 2 N–H and O–H groups in total. The molecule has 0 spiro atoms. The lowest BCUT2D eigenvalue weighted by molar-refractivity contribution is -0.384. The summed E-state index contributed by atoms with van der Waals surface area (Å²) < 4.78 is 5.66. The fraction of sp³-hybridized carbons (Fsp3) is 0.222. The van der Waals surface area contributed by atoms with Crippen LogP contribution in [0.2, 0.25) is 5.02 Å². The summed E-state index contributed by atoms with van der Waals surface area (Å²) in [5.74, 6) is 0.313. The standard InChI is InChI=1S/C18H18ClN3O4S/c1-11(2)10-26-16-6-4-3-5-13(16)17(23)21-18(27)20-12-7-8-14(19)15(9-12)22(24)25/h3-9,11H,10H2,1-2H3,(H2,20,21,23,27). The first-order valence-corrected chi connectivity index (χ1v) is 8.84. The minimum atomic E-state index is -0.600. The molecular weight excluding hydrogens is 390 g/mol. The molecule has 9 heteroatoms. The zero-order valence-corrected chi connectivity index (χ0v) is 16.3. The number of nitro benzene ring substituents is 1. The molecule has 0 bridgehead atoms. The average Bonchev–Trinajstić information content (AvgIpc) is 2.61. The highest BCUT2D eigenvalue weighted by molar-refractivity contribution is 7.80. The summed E-state index contributed by atoms with van der Waals surface area (Å²) in [5, 5.41) is 16.2. The zero-order chi connectivity index (χ0) is 20.0. The number of anilines is 1. The van der Waals surface area contributed by atoms with Crippen LogP contribution in [0.25, 0.3) is 0 Å². The number of thiocarbonyl (C=S) groups is 1. The van der Waals surface area contributed by atoms with Crippen LogP contribution in [0.3, 0.4) is 0 Å². The Hall–Kier alpha value is -2.71. The Kier molecular flexibility index (Phi) is 7.09. The van der Waals surface area contributed by atoms with Gasteiger partial charge in [0.15, 0.2) is 5.11 Å². The van der Waals surface area contributed by atoms with Gasteiger partial charge in [0.1, 0.15) is 10.8 Å². The summed E-state index contributed by atoms with van der Waals surface area (Å²) in [5.41, 5.74) is 0.411. The Bertz CT molecular complexity index is 873. The number of nitro groups is 1. The molecule has 0 aromatic heterocycles. The second-order valence-electron chi connectivity index (χ2n) is 6.03. The number of hydrogen-bond donors (Lipinski definition) is 2. The van der Waals surface area contributed by atoms with Crippen LogP contribution in [0.1, 0.15) is 24.2 Å². The van der Waals surface area contributed by atoms with Crippen LogP contribution >= 0.6 is 23.8 Å². The number of rotatable bonds is 6. The molecule has 0 atom stereocenters. The summed E-state index contributed by atoms with van der Waals surface area (Å²) in [4.78, 5) is 22.8. The molecule has 1 amide bonds. The lowest BCUT2D eigenvalue weighted by Gasteiger charge is -2.14. The van der Waals surface area contributed by atoms with E-state index in [2.05, 4.69) is 10.6 Å². The maximum absolute atomic E-state index is 12.5. The van der Waals surface area contributed by atoms with Gasteiger partial charge in [0, 0.05) is 11.8 Å². The van der Waals surface area contributed by atoms with E-state index in [9.17, 15) is 14.9 Å². The molecule has 0 unspecified atom stereocenters. The van der Waals surface area contributed by atoms with Crippen molar-refractivity contribution in [2.75, 3.05) is 11.9 Å². The number of benzene rings is 2. The molecule has 7 nitrogen and oxygen atoms in total. The van der Waals surface area contributed by atoms with Gasteiger partial charge in [-0.2, -0.15) is 0 Å². The van der Waals surface area contributed by atoms with Crippen molar-refractivity contribution >= 4 is 46.2 Å². The second kappa shape index (κ2) is 9.29. The van der Waals surface area contributed by atoms with Gasteiger partial charge in [-0.05, 0) is 42.4 Å². The van der Waals surface area contributed by atoms with Crippen LogP contribution in [0.15, 0.2) is 42.5 Å². The molecule has 0 radical (unpaired) electrons. The van der Waals surface area contributed by atoms with Gasteiger partial charge >= 0.3 is 0 Å². The molecule has 0 fully saturated rings. The van der Waals surface area contributed by atoms with Gasteiger partial charge in [-0.15, -0.1) is 0 Å². The number of halogens is 1. The maximum atomic E-state index is 12.5. The highest BCUT2D eigenvalue weighted by atomic mass is 35.5. The molecule has 27 heavy (non-hydrogen) atoms. The van der Waals surface area contributed by atoms with Crippen LogP contribution < -0.4 is 15.4 Å². The molecule has 2 aromatic rings. The SMILES string of the molecule is CC(C)COc1ccccc1C(=O)NC(=S)Nc1ccc(Cl)c([N+](=O)[O-])c1. The van der Waals surface area contributed by atoms with Crippen molar-refractivity contribution in [3.63, 3.8) is 0 Å². The highest BCUT2D eigenvalue weighted by Crippen LogP contribution is 2.27. The molecule has 0 heterocycles. The molecule has 0 aliphatic carbocycles. The van der Waals surface area contributed by atoms with Crippen LogP contribution in [-0.4, -0.2) is 22.5 Å². The molecule has 142 valence electrons. The van der Waals surface area contributed by atoms with E-state index in [0.717, 1.165) is 0 Å². The van der Waals surface area contributed by atoms with Crippen molar-refractivity contribution in [3.8, 4) is 5.75 Å². The van der Waals surface area contributed by atoms with E-state index in [4.69, 9.17) is 28.6 Å². The number of nitrogens with zero attached hydrogens (tertiary/aromatic N) is 1. The number of para-hydroxylation sites is 1. The first kappa shape index (κ1) is 20.6. The number of hydrogen-bond acceptors (Lipinski definition) is 5. The zero-order valence-electron chi connectivity index (χ0n) is 14.7. The molecule has 0 saturated carbocycles. The van der Waals surface area contributed by atoms with Crippen molar-refractivity contribution in [1.29, 1.82) is 0 Å². The van der Waals surface area contributed by atoms with Crippen LogP contribution in [-0.2, 0) is 0 Å². The Morgan fingerprint density at radius 1 is 1.30 bits per heavy atom. The first-order chi connectivity index (χ1) is 12.8. The minimum absolute atomic E-state index is 0.00437. The number of ether oxygens (including phenoxy) is 1. The third-order valence-corrected chi connectivity index (χ3v) is 3.86. The minimum Gasteiger partial charge on any atom is -0.492 e. The van der Waals surface area contributed by atoms with Gasteiger partial charge in [-0.25, -0.2) is 0 Å². The predicted octanol–water partition coefficient (Wildman–Crippen LogP) is 4.41. The van der Waals surface area contributed by atoms with Gasteiger partial charge in [-0.1, -0.05) is 37.6 Å². The molecule has 0 aliphatic heterocycles. The van der Waals surface area contributed by atoms with E-state index >= 15 is 0 Å². The lowest BCUT2D eigenvalue weighted by Crippen LogP contribution is -2.34. The molecule has 0 saturated heterocycles. The van der Waals surface area contributed by atoms with E-state index in [1.54, 1.807) is 24.3 Å². The van der Waals surface area contributed by atoms with Crippen LogP contribution in [0.4, 0.5) is 11.4 Å². The summed E-state index contributed by atoms with van der Waals surface area (Å²) in [7, 11) is 0. The first-order valence-electron chi connectivity index (χ1n) is 8.06. The fourth-order valence-electron chi connectivity index (χ4n) is 2.10. The normalized spacial score (nSPS) is 10.4. The Balaban J connectivity index is 2.07. The smallest absolute Gasteiger partial charge is 0.289 e. The van der Waals surface area contributed by atoms with Crippen molar-refractivity contribution < 1.29 is 14.5 Å². The monoisotopic (exact) mass is 407 g/mol. The lowest BCUT2D eigenvalue weighted by atomic mass is 10.2. The number of nitrogens with one attached hydrogen (secondary N) is 2. The molecule has 0 aliphatic rings. The molecular formula is C18H18ClN3O4S. The Labute approximate surface area is 166 Å². The third-order valence-electron chi connectivity index (χ3n) is 3.33. The van der Waals surface area contributed by atoms with Gasteiger partial charge in [0.05, 0.1) is 17.1 Å². The van der Waals surface area contributed by atoms with E-state index in [1.165, 1.54) is 18.2 Å². The van der Waals surface area contributed by atoms with E-state index in [0.29, 0.717) is 29.5 Å². The van der Waals surface area contributed by atoms with Crippen molar-refractivity contribution in [2.45, 2.75) is 13.8 Å². The number of carbonyl (C=O) groups is 1. The summed E-state index contributed by atoms with van der Waals surface area (Å²) in [6.45, 7) is 4.49. The Morgan fingerprint density at radius 3 is 2.67 bits per heavy atom. The van der Waals surface area contributed by atoms with Gasteiger partial charge < -0.3 is 10.1 Å². The quantitative estimate of drug-likeness (QED) is 0.418. The van der Waals surface area contributed by atoms with E-state index < -0.39 is 10.8 Å². The van der Waals surface area contributed by atoms with Crippen molar-refractivity contribution in [1.82, 2.24) is 5.32 Å². The highest BCUT2D eigenvalue weighted by Gasteiger charge is 2.16. The van der Waals surface area contributed by atoms with Gasteiger partial charge in [0.25, 0.3) is 11.6 Å². The predicted molar refractivity (Wildman–Crippen MR) is 109 cm³/mol. The summed E-state index contributed by atoms with van der Waals surface area (Å²) in [6.07, 6.45) is 0. The Morgan fingerprint density at radius 2 is 2.00 bits per heavy atom. The number of amides is 1. The van der Waals surface area contributed by atoms with Crippen LogP contribution in [0.5, 0.6) is 5.75 Å². The van der Waals surface area contributed by atoms with E-state index in [-0.39, 0.29) is 15.8 Å². The number of carbonyl (C=O) groups excluding carboxylic acids is 1. The van der Waals surface area contributed by atoms with Crippen molar-refractivity contribution in [3.05, 3.63) is 63.2 Å². The summed E-state index contributed by atoms with van der Waals surface area (Å²) >= 11 is 10.9. The topological polar surface area (TPSA) is 93.5 Å². The summed E-state index contributed by atoms with van der Waals surface area (Å²) in [6, 6.07) is 11.0. The van der Waals surface area contributed by atoms with E-state index in [1.807, 2.05) is 13.8 Å².